The van der Waals surface area contributed by atoms with E-state index in [1.807, 2.05) is 29.2 Å². The lowest BCUT2D eigenvalue weighted by Gasteiger charge is -2.03. The number of carbonyl (C=O) groups is 1. The lowest BCUT2D eigenvalue weighted by Crippen LogP contribution is -2.11. The van der Waals surface area contributed by atoms with Gasteiger partial charge < -0.3 is 10.7 Å². The van der Waals surface area contributed by atoms with Crippen molar-refractivity contribution in [3.8, 4) is 11.3 Å². The van der Waals surface area contributed by atoms with Crippen molar-refractivity contribution in [1.29, 1.82) is 0 Å². The lowest BCUT2D eigenvalue weighted by atomic mass is 10.1. The number of carbonyl (C=O) groups excluding carboxylic acids is 1. The number of halogens is 1. The van der Waals surface area contributed by atoms with E-state index in [0.29, 0.717) is 11.5 Å². The van der Waals surface area contributed by atoms with Crippen LogP contribution in [0.4, 0.5) is 0 Å². The Balaban J connectivity index is 2.08. The highest BCUT2D eigenvalue weighted by atomic mass is 79.9. The molecule has 0 unspecified atom stereocenters. The topological polar surface area (TPSA) is 76.7 Å². The van der Waals surface area contributed by atoms with E-state index in [1.54, 1.807) is 6.07 Å². The molecule has 0 aliphatic carbocycles. The Morgan fingerprint density at radius 1 is 1.45 bits per heavy atom. The third-order valence-corrected chi connectivity index (χ3v) is 4.19. The highest BCUT2D eigenvalue weighted by molar-refractivity contribution is 9.10. The molecule has 0 bridgehead atoms. The fraction of sp³-hybridized carbons (Fsp3) is 0.250. The second-order valence-electron chi connectivity index (χ2n) is 5.78. The van der Waals surface area contributed by atoms with E-state index in [4.69, 9.17) is 5.73 Å². The van der Waals surface area contributed by atoms with Gasteiger partial charge in [0.2, 0.25) is 0 Å². The van der Waals surface area contributed by atoms with E-state index in [-0.39, 0.29) is 0 Å². The summed E-state index contributed by atoms with van der Waals surface area (Å²) in [6.45, 7) is 5.18. The minimum absolute atomic E-state index is 0.443. The first-order valence-electron chi connectivity index (χ1n) is 7.09. The van der Waals surface area contributed by atoms with Gasteiger partial charge >= 0.3 is 0 Å². The van der Waals surface area contributed by atoms with Crippen LogP contribution in [0.5, 0.6) is 0 Å². The molecule has 0 saturated carbocycles. The number of nitrogens with one attached hydrogen (secondary N) is 1. The van der Waals surface area contributed by atoms with Gasteiger partial charge in [0.1, 0.15) is 0 Å². The van der Waals surface area contributed by atoms with Crippen molar-refractivity contribution in [3.63, 3.8) is 0 Å². The maximum atomic E-state index is 11.6. The first-order valence-corrected chi connectivity index (χ1v) is 7.89. The molecule has 3 aromatic rings. The molecule has 1 aromatic carbocycles. The van der Waals surface area contributed by atoms with Crippen LogP contribution in [0.3, 0.4) is 0 Å². The number of nitrogens with zero attached hydrogens (tertiary/aromatic N) is 2. The zero-order valence-corrected chi connectivity index (χ0v) is 14.0. The van der Waals surface area contributed by atoms with Crippen LogP contribution in [-0.4, -0.2) is 20.7 Å². The number of aromatic amines is 1. The summed E-state index contributed by atoms with van der Waals surface area (Å²) in [5.74, 6) is 0.0903. The van der Waals surface area contributed by atoms with Crippen LogP contribution in [0.1, 0.15) is 24.2 Å². The largest absolute Gasteiger partial charge is 0.366 e. The van der Waals surface area contributed by atoms with Crippen molar-refractivity contribution >= 4 is 32.7 Å². The number of benzene rings is 1. The van der Waals surface area contributed by atoms with Gasteiger partial charge in [0, 0.05) is 33.9 Å². The van der Waals surface area contributed by atoms with E-state index in [9.17, 15) is 4.79 Å². The number of hydrogen-bond acceptors (Lipinski definition) is 2. The summed E-state index contributed by atoms with van der Waals surface area (Å²) in [4.78, 5) is 14.9. The zero-order chi connectivity index (χ0) is 15.9. The molecule has 114 valence electrons. The summed E-state index contributed by atoms with van der Waals surface area (Å²) < 4.78 is 2.85. The third kappa shape index (κ3) is 2.66. The van der Waals surface area contributed by atoms with Gasteiger partial charge in [-0.05, 0) is 24.1 Å². The second kappa shape index (κ2) is 5.61. The Morgan fingerprint density at radius 3 is 2.91 bits per heavy atom. The number of rotatable bonds is 4. The summed E-state index contributed by atoms with van der Waals surface area (Å²) in [7, 11) is 0. The van der Waals surface area contributed by atoms with E-state index >= 15 is 0 Å². The van der Waals surface area contributed by atoms with Crippen molar-refractivity contribution in [2.24, 2.45) is 11.7 Å². The number of primary amides is 1. The number of hydrogen-bond donors (Lipinski definition) is 2. The fourth-order valence-electron chi connectivity index (χ4n) is 2.52. The first-order chi connectivity index (χ1) is 10.5. The number of H-pyrrole nitrogens is 1. The van der Waals surface area contributed by atoms with Crippen LogP contribution < -0.4 is 5.73 Å². The maximum Gasteiger partial charge on any atom is 0.250 e. The van der Waals surface area contributed by atoms with Gasteiger partial charge in [-0.2, -0.15) is 5.10 Å². The van der Waals surface area contributed by atoms with Crippen molar-refractivity contribution < 1.29 is 4.79 Å². The predicted molar refractivity (Wildman–Crippen MR) is 90.6 cm³/mol. The number of fused-ring (bicyclic) bond motifs is 1. The average Bonchev–Trinajstić information content (AvgIpc) is 3.04. The van der Waals surface area contributed by atoms with E-state index < -0.39 is 5.91 Å². The van der Waals surface area contributed by atoms with Gasteiger partial charge in [-0.3, -0.25) is 9.48 Å². The summed E-state index contributed by atoms with van der Waals surface area (Å²) in [6.07, 6.45) is 3.83. The first kappa shape index (κ1) is 14.8. The molecule has 0 radical (unpaired) electrons. The lowest BCUT2D eigenvalue weighted by molar-refractivity contribution is 0.100. The Bertz CT molecular complexity index is 847. The van der Waals surface area contributed by atoms with Crippen molar-refractivity contribution in [2.45, 2.75) is 20.4 Å². The molecule has 3 rings (SSSR count). The van der Waals surface area contributed by atoms with Crippen LogP contribution in [-0.2, 0) is 6.54 Å². The highest BCUT2D eigenvalue weighted by Crippen LogP contribution is 2.31. The van der Waals surface area contributed by atoms with Crippen LogP contribution in [0.15, 0.2) is 35.1 Å². The third-order valence-electron chi connectivity index (χ3n) is 3.50. The van der Waals surface area contributed by atoms with Crippen molar-refractivity contribution in [3.05, 3.63) is 40.6 Å². The number of amides is 1. The molecule has 0 fully saturated rings. The number of aromatic nitrogens is 3. The molecular formula is C16H17BrN4O. The molecule has 5 nitrogen and oxygen atoms in total. The summed E-state index contributed by atoms with van der Waals surface area (Å²) >= 11 is 3.51. The van der Waals surface area contributed by atoms with Gasteiger partial charge in [-0.1, -0.05) is 29.8 Å². The normalized spacial score (nSPS) is 11.5. The SMILES string of the molecule is CC(C)Cn1cc(-c2cc3c(Br)ccc(C(N)=O)c3[nH]2)cn1. The molecular weight excluding hydrogens is 344 g/mol. The summed E-state index contributed by atoms with van der Waals surface area (Å²) in [5.41, 5.74) is 8.58. The van der Waals surface area contributed by atoms with Crippen LogP contribution >= 0.6 is 15.9 Å². The van der Waals surface area contributed by atoms with E-state index in [0.717, 1.165) is 33.2 Å². The zero-order valence-electron chi connectivity index (χ0n) is 12.4. The predicted octanol–water partition coefficient (Wildman–Crippen LogP) is 3.55. The molecule has 3 N–H and O–H groups in total. The fourth-order valence-corrected chi connectivity index (χ4v) is 2.97. The van der Waals surface area contributed by atoms with Crippen molar-refractivity contribution in [1.82, 2.24) is 14.8 Å². The quantitative estimate of drug-likeness (QED) is 0.746. The molecule has 22 heavy (non-hydrogen) atoms. The molecule has 1 amide bonds. The Hall–Kier alpha value is -2.08. The summed E-state index contributed by atoms with van der Waals surface area (Å²) in [5, 5.41) is 5.31. The van der Waals surface area contributed by atoms with Crippen molar-refractivity contribution in [2.75, 3.05) is 0 Å². The van der Waals surface area contributed by atoms with E-state index in [2.05, 4.69) is 39.9 Å². The second-order valence-corrected chi connectivity index (χ2v) is 6.63. The van der Waals surface area contributed by atoms with Gasteiger partial charge in [0.15, 0.2) is 0 Å². The highest BCUT2D eigenvalue weighted by Gasteiger charge is 2.14. The minimum atomic E-state index is -0.443. The maximum absolute atomic E-state index is 11.6. The average molecular weight is 361 g/mol. The number of nitrogens with two attached hydrogens (primary N) is 1. The van der Waals surface area contributed by atoms with Gasteiger partial charge in [-0.15, -0.1) is 0 Å². The standard InChI is InChI=1S/C16H17BrN4O/c1-9(2)7-21-8-10(6-19-21)14-5-12-13(17)4-3-11(16(18)22)15(12)20-14/h3-6,8-9,20H,7H2,1-2H3,(H2,18,22). The molecule has 0 aliphatic rings. The summed E-state index contributed by atoms with van der Waals surface area (Å²) in [6, 6.07) is 5.56. The Kier molecular flexibility index (Phi) is 3.78. The molecule has 0 atom stereocenters. The minimum Gasteiger partial charge on any atom is -0.366 e. The van der Waals surface area contributed by atoms with E-state index in [1.165, 1.54) is 0 Å². The molecule has 0 aliphatic heterocycles. The Labute approximate surface area is 136 Å². The molecule has 0 spiro atoms. The van der Waals surface area contributed by atoms with Gasteiger partial charge in [0.05, 0.1) is 17.3 Å². The smallest absolute Gasteiger partial charge is 0.250 e. The van der Waals surface area contributed by atoms with Crippen LogP contribution in [0.25, 0.3) is 22.2 Å². The monoisotopic (exact) mass is 360 g/mol. The van der Waals surface area contributed by atoms with Crippen LogP contribution in [0, 0.1) is 5.92 Å². The Morgan fingerprint density at radius 2 is 2.23 bits per heavy atom. The van der Waals surface area contributed by atoms with Crippen LogP contribution in [0.2, 0.25) is 0 Å². The molecule has 2 aromatic heterocycles. The van der Waals surface area contributed by atoms with Gasteiger partial charge in [-0.25, -0.2) is 0 Å². The molecule has 6 heteroatoms. The molecule has 0 saturated heterocycles. The van der Waals surface area contributed by atoms with Gasteiger partial charge in [0.25, 0.3) is 5.91 Å². The molecule has 2 heterocycles.